The number of ether oxygens (including phenoxy) is 2. The van der Waals surface area contributed by atoms with Crippen LogP contribution in [0.15, 0.2) is 18.2 Å². The lowest BCUT2D eigenvalue weighted by atomic mass is 10.1. The van der Waals surface area contributed by atoms with E-state index in [2.05, 4.69) is 10.4 Å². The van der Waals surface area contributed by atoms with Crippen molar-refractivity contribution in [3.05, 3.63) is 40.7 Å². The second-order valence-electron chi connectivity index (χ2n) is 5.69. The average molecular weight is 345 g/mol. The fraction of sp³-hybridized carbons (Fsp3) is 0.474. The summed E-state index contributed by atoms with van der Waals surface area (Å²) < 4.78 is 13.0. The smallest absolute Gasteiger partial charge is 0.255 e. The minimum absolute atomic E-state index is 0.110. The Bertz CT molecular complexity index is 738. The number of nitrogens with zero attached hydrogens (tertiary/aromatic N) is 2. The predicted octanol–water partition coefficient (Wildman–Crippen LogP) is 3.25. The molecule has 2 rings (SSSR count). The second-order valence-corrected chi connectivity index (χ2v) is 5.69. The van der Waals surface area contributed by atoms with E-state index in [-0.39, 0.29) is 5.91 Å². The Kier molecular flexibility index (Phi) is 6.44. The number of benzene rings is 1. The predicted molar refractivity (Wildman–Crippen MR) is 97.3 cm³/mol. The molecule has 0 aliphatic heterocycles. The van der Waals surface area contributed by atoms with Crippen LogP contribution in [0, 0.1) is 13.8 Å². The van der Waals surface area contributed by atoms with Crippen LogP contribution >= 0.6 is 0 Å². The minimum Gasteiger partial charge on any atom is -0.490 e. The molecule has 0 fully saturated rings. The van der Waals surface area contributed by atoms with Crippen molar-refractivity contribution in [3.63, 3.8) is 0 Å². The molecule has 0 bridgehead atoms. The highest BCUT2D eigenvalue weighted by molar-refractivity contribution is 5.96. The van der Waals surface area contributed by atoms with Crippen LogP contribution in [0.5, 0.6) is 11.5 Å². The molecule has 0 spiro atoms. The lowest BCUT2D eigenvalue weighted by Gasteiger charge is -2.13. The Morgan fingerprint density at radius 1 is 1.12 bits per heavy atom. The van der Waals surface area contributed by atoms with Crippen LogP contribution in [0.4, 0.5) is 0 Å². The third kappa shape index (κ3) is 4.32. The van der Waals surface area contributed by atoms with Gasteiger partial charge in [0, 0.05) is 18.8 Å². The van der Waals surface area contributed by atoms with Gasteiger partial charge >= 0.3 is 0 Å². The number of nitrogens with one attached hydrogen (secondary N) is 1. The number of carbonyl (C=O) groups is 1. The highest BCUT2D eigenvalue weighted by Gasteiger charge is 2.18. The van der Waals surface area contributed by atoms with E-state index in [0.717, 1.165) is 29.2 Å². The third-order valence-corrected chi connectivity index (χ3v) is 3.97. The molecule has 1 N–H and O–H groups in total. The first-order valence-corrected chi connectivity index (χ1v) is 8.72. The molecule has 0 saturated heterocycles. The van der Waals surface area contributed by atoms with Crippen molar-refractivity contribution >= 4 is 5.91 Å². The summed E-state index contributed by atoms with van der Waals surface area (Å²) in [5.74, 6) is 1.30. The Balaban J connectivity index is 2.11. The molecule has 25 heavy (non-hydrogen) atoms. The molecule has 1 heterocycles. The molecule has 6 nitrogen and oxygen atoms in total. The van der Waals surface area contributed by atoms with E-state index in [0.29, 0.717) is 31.1 Å². The van der Waals surface area contributed by atoms with E-state index in [4.69, 9.17) is 9.47 Å². The van der Waals surface area contributed by atoms with Gasteiger partial charge in [-0.3, -0.25) is 9.48 Å². The lowest BCUT2D eigenvalue weighted by Crippen LogP contribution is -2.24. The zero-order valence-electron chi connectivity index (χ0n) is 15.7. The van der Waals surface area contributed by atoms with E-state index in [1.165, 1.54) is 0 Å². The van der Waals surface area contributed by atoms with Crippen molar-refractivity contribution in [3.8, 4) is 11.5 Å². The summed E-state index contributed by atoms with van der Waals surface area (Å²) in [6.07, 6.45) is 0. The fourth-order valence-corrected chi connectivity index (χ4v) is 2.81. The quantitative estimate of drug-likeness (QED) is 0.798. The minimum atomic E-state index is -0.110. The van der Waals surface area contributed by atoms with Crippen molar-refractivity contribution in [1.29, 1.82) is 0 Å². The Hall–Kier alpha value is -2.50. The van der Waals surface area contributed by atoms with Crippen LogP contribution in [0.2, 0.25) is 0 Å². The molecular formula is C19H27N3O3. The maximum atomic E-state index is 12.5. The molecule has 136 valence electrons. The van der Waals surface area contributed by atoms with E-state index in [1.807, 2.05) is 57.5 Å². The molecule has 1 aromatic carbocycles. The average Bonchev–Trinajstić information content (AvgIpc) is 2.89. The Morgan fingerprint density at radius 3 is 2.40 bits per heavy atom. The number of hydrogen-bond acceptors (Lipinski definition) is 4. The van der Waals surface area contributed by atoms with E-state index in [9.17, 15) is 4.79 Å². The van der Waals surface area contributed by atoms with E-state index < -0.39 is 0 Å². The first-order valence-electron chi connectivity index (χ1n) is 8.72. The number of aryl methyl sites for hydroxylation is 2. The van der Waals surface area contributed by atoms with Crippen LogP contribution in [0.3, 0.4) is 0 Å². The van der Waals surface area contributed by atoms with Crippen LogP contribution in [-0.2, 0) is 13.1 Å². The van der Waals surface area contributed by atoms with Crippen LogP contribution in [0.1, 0.15) is 48.1 Å². The van der Waals surface area contributed by atoms with Gasteiger partial charge in [0.2, 0.25) is 0 Å². The summed E-state index contributed by atoms with van der Waals surface area (Å²) in [5.41, 5.74) is 3.24. The van der Waals surface area contributed by atoms with Crippen molar-refractivity contribution in [1.82, 2.24) is 15.1 Å². The van der Waals surface area contributed by atoms with Gasteiger partial charge in [-0.15, -0.1) is 0 Å². The molecule has 0 aliphatic carbocycles. The van der Waals surface area contributed by atoms with Gasteiger partial charge in [0.25, 0.3) is 5.91 Å². The molecule has 0 atom stereocenters. The topological polar surface area (TPSA) is 65.4 Å². The molecule has 2 aromatic rings. The molecule has 0 aliphatic rings. The van der Waals surface area contributed by atoms with Crippen molar-refractivity contribution < 1.29 is 14.3 Å². The number of aromatic nitrogens is 2. The van der Waals surface area contributed by atoms with Gasteiger partial charge in [-0.05, 0) is 52.3 Å². The molecular weight excluding hydrogens is 318 g/mol. The monoisotopic (exact) mass is 345 g/mol. The van der Waals surface area contributed by atoms with E-state index in [1.54, 1.807) is 0 Å². The normalized spacial score (nSPS) is 10.6. The number of hydrogen-bond donors (Lipinski definition) is 1. The fourth-order valence-electron chi connectivity index (χ4n) is 2.81. The summed E-state index contributed by atoms with van der Waals surface area (Å²) in [6, 6.07) is 5.72. The second kappa shape index (κ2) is 8.55. The number of amides is 1. The van der Waals surface area contributed by atoms with Gasteiger partial charge in [0.1, 0.15) is 0 Å². The first kappa shape index (κ1) is 18.8. The summed E-state index contributed by atoms with van der Waals surface area (Å²) in [6.45, 7) is 12.0. The molecule has 0 unspecified atom stereocenters. The molecule has 1 amide bonds. The van der Waals surface area contributed by atoms with Crippen LogP contribution in [-0.4, -0.2) is 28.9 Å². The van der Waals surface area contributed by atoms with Gasteiger partial charge < -0.3 is 14.8 Å². The molecule has 1 aromatic heterocycles. The van der Waals surface area contributed by atoms with Gasteiger partial charge in [0.15, 0.2) is 11.5 Å². The van der Waals surface area contributed by atoms with E-state index >= 15 is 0 Å². The van der Waals surface area contributed by atoms with Crippen LogP contribution in [0.25, 0.3) is 0 Å². The van der Waals surface area contributed by atoms with Crippen molar-refractivity contribution in [2.75, 3.05) is 13.2 Å². The van der Waals surface area contributed by atoms with Crippen LogP contribution < -0.4 is 14.8 Å². The molecule has 0 saturated carbocycles. The SMILES string of the molecule is CCOc1ccc(CNC(=O)c2c(C)nn(CC)c2C)cc1OCC. The van der Waals surface area contributed by atoms with Crippen molar-refractivity contribution in [2.45, 2.75) is 47.7 Å². The number of rotatable bonds is 8. The highest BCUT2D eigenvalue weighted by Crippen LogP contribution is 2.28. The summed E-state index contributed by atoms with van der Waals surface area (Å²) in [4.78, 5) is 12.5. The van der Waals surface area contributed by atoms with Gasteiger partial charge in [-0.25, -0.2) is 0 Å². The highest BCUT2D eigenvalue weighted by atomic mass is 16.5. The van der Waals surface area contributed by atoms with Gasteiger partial charge in [-0.2, -0.15) is 5.10 Å². The summed E-state index contributed by atoms with van der Waals surface area (Å²) >= 11 is 0. The van der Waals surface area contributed by atoms with Gasteiger partial charge in [0.05, 0.1) is 24.5 Å². The maximum Gasteiger partial charge on any atom is 0.255 e. The number of carbonyl (C=O) groups excluding carboxylic acids is 1. The summed E-state index contributed by atoms with van der Waals surface area (Å²) in [7, 11) is 0. The lowest BCUT2D eigenvalue weighted by molar-refractivity contribution is 0.0949. The first-order chi connectivity index (χ1) is 12.0. The third-order valence-electron chi connectivity index (χ3n) is 3.97. The van der Waals surface area contributed by atoms with Gasteiger partial charge in [-0.1, -0.05) is 6.07 Å². The Labute approximate surface area is 149 Å². The zero-order chi connectivity index (χ0) is 18.4. The largest absolute Gasteiger partial charge is 0.490 e. The van der Waals surface area contributed by atoms with Crippen molar-refractivity contribution in [2.24, 2.45) is 0 Å². The molecule has 6 heteroatoms. The maximum absolute atomic E-state index is 12.5. The molecule has 0 radical (unpaired) electrons. The Morgan fingerprint density at radius 2 is 1.80 bits per heavy atom. The summed E-state index contributed by atoms with van der Waals surface area (Å²) in [5, 5.41) is 7.36. The zero-order valence-corrected chi connectivity index (χ0v) is 15.7. The standard InChI is InChI=1S/C19H27N3O3/c1-6-22-14(5)18(13(4)21-22)19(23)20-12-15-9-10-16(24-7-2)17(11-15)25-8-3/h9-11H,6-8,12H2,1-5H3,(H,20,23).